The van der Waals surface area contributed by atoms with Gasteiger partial charge in [-0.25, -0.2) is 0 Å². The number of ether oxygens (including phenoxy) is 1. The molecular weight excluding hydrogens is 202 g/mol. The summed E-state index contributed by atoms with van der Waals surface area (Å²) in [7, 11) is 1.65. The van der Waals surface area contributed by atoms with Crippen LogP contribution in [0.1, 0.15) is 31.7 Å². The van der Waals surface area contributed by atoms with Gasteiger partial charge in [-0.2, -0.15) is 0 Å². The van der Waals surface area contributed by atoms with E-state index in [1.165, 1.54) is 0 Å². The van der Waals surface area contributed by atoms with E-state index in [4.69, 9.17) is 15.6 Å². The smallest absolute Gasteiger partial charge is 0.118 e. The van der Waals surface area contributed by atoms with Crippen molar-refractivity contribution in [3.63, 3.8) is 0 Å². The second-order valence-electron chi connectivity index (χ2n) is 4.66. The first-order valence-electron chi connectivity index (χ1n) is 5.52. The van der Waals surface area contributed by atoms with Crippen LogP contribution in [0.4, 0.5) is 0 Å². The molecule has 0 bridgehead atoms. The number of aliphatic hydroxyl groups is 1. The maximum Gasteiger partial charge on any atom is 0.118 e. The second kappa shape index (κ2) is 5.32. The van der Waals surface area contributed by atoms with Crippen LogP contribution in [-0.4, -0.2) is 24.4 Å². The Morgan fingerprint density at radius 1 is 1.31 bits per heavy atom. The molecule has 1 atom stereocenters. The van der Waals surface area contributed by atoms with E-state index in [-0.39, 0.29) is 18.1 Å². The summed E-state index contributed by atoms with van der Waals surface area (Å²) in [5.74, 6) is 0.990. The van der Waals surface area contributed by atoms with E-state index in [2.05, 4.69) is 0 Å². The maximum absolute atomic E-state index is 9.08. The predicted octanol–water partition coefficient (Wildman–Crippen LogP) is 1.90. The Labute approximate surface area is 97.2 Å². The average Bonchev–Trinajstić information content (AvgIpc) is 2.25. The zero-order chi connectivity index (χ0) is 12.2. The molecular formula is C13H21NO2. The largest absolute Gasteiger partial charge is 0.497 e. The van der Waals surface area contributed by atoms with E-state index in [0.717, 1.165) is 11.3 Å². The van der Waals surface area contributed by atoms with Crippen LogP contribution in [0.15, 0.2) is 24.3 Å². The molecule has 0 spiro atoms. The van der Waals surface area contributed by atoms with E-state index in [0.29, 0.717) is 6.42 Å². The highest BCUT2D eigenvalue weighted by Crippen LogP contribution is 2.30. The Hall–Kier alpha value is -1.06. The molecule has 0 aromatic heterocycles. The monoisotopic (exact) mass is 223 g/mol. The van der Waals surface area contributed by atoms with Crippen molar-refractivity contribution in [3.8, 4) is 5.75 Å². The standard InChI is InChI=1S/C13H21NO2/c1-13(2,14)12(8-9-15)10-4-6-11(16-3)7-5-10/h4-7,12,15H,8-9,14H2,1-3H3. The SMILES string of the molecule is COc1ccc(C(CCO)C(C)(C)N)cc1. The number of aliphatic hydroxyl groups excluding tert-OH is 1. The van der Waals surface area contributed by atoms with E-state index in [1.54, 1.807) is 7.11 Å². The van der Waals surface area contributed by atoms with Gasteiger partial charge in [-0.1, -0.05) is 12.1 Å². The first kappa shape index (κ1) is 13.0. The van der Waals surface area contributed by atoms with Crippen molar-refractivity contribution in [2.75, 3.05) is 13.7 Å². The number of methoxy groups -OCH3 is 1. The Balaban J connectivity index is 2.93. The van der Waals surface area contributed by atoms with Crippen LogP contribution >= 0.6 is 0 Å². The fourth-order valence-corrected chi connectivity index (χ4v) is 1.93. The van der Waals surface area contributed by atoms with Crippen molar-refractivity contribution >= 4 is 0 Å². The van der Waals surface area contributed by atoms with Crippen LogP contribution < -0.4 is 10.5 Å². The Kier molecular flexibility index (Phi) is 4.33. The van der Waals surface area contributed by atoms with E-state index < -0.39 is 0 Å². The van der Waals surface area contributed by atoms with Gasteiger partial charge in [-0.05, 0) is 38.0 Å². The van der Waals surface area contributed by atoms with Gasteiger partial charge in [0.2, 0.25) is 0 Å². The van der Waals surface area contributed by atoms with Gasteiger partial charge in [-0.3, -0.25) is 0 Å². The highest BCUT2D eigenvalue weighted by molar-refractivity contribution is 5.31. The lowest BCUT2D eigenvalue weighted by Gasteiger charge is -2.30. The topological polar surface area (TPSA) is 55.5 Å². The fraction of sp³-hybridized carbons (Fsp3) is 0.538. The molecule has 0 aliphatic heterocycles. The molecule has 3 nitrogen and oxygen atoms in total. The molecule has 0 saturated carbocycles. The van der Waals surface area contributed by atoms with E-state index in [9.17, 15) is 0 Å². The normalized spacial score (nSPS) is 13.6. The third kappa shape index (κ3) is 3.22. The summed E-state index contributed by atoms with van der Waals surface area (Å²) in [5, 5.41) is 9.08. The molecule has 1 unspecified atom stereocenters. The minimum Gasteiger partial charge on any atom is -0.497 e. The molecule has 0 radical (unpaired) electrons. The molecule has 0 heterocycles. The van der Waals surface area contributed by atoms with Crippen molar-refractivity contribution in [2.24, 2.45) is 5.73 Å². The summed E-state index contributed by atoms with van der Waals surface area (Å²) in [4.78, 5) is 0. The van der Waals surface area contributed by atoms with Gasteiger partial charge < -0.3 is 15.6 Å². The zero-order valence-electron chi connectivity index (χ0n) is 10.2. The highest BCUT2D eigenvalue weighted by atomic mass is 16.5. The van der Waals surface area contributed by atoms with Gasteiger partial charge in [0.25, 0.3) is 0 Å². The highest BCUT2D eigenvalue weighted by Gasteiger charge is 2.26. The van der Waals surface area contributed by atoms with Crippen molar-refractivity contribution in [1.82, 2.24) is 0 Å². The van der Waals surface area contributed by atoms with Gasteiger partial charge in [0.05, 0.1) is 7.11 Å². The van der Waals surface area contributed by atoms with Crippen molar-refractivity contribution < 1.29 is 9.84 Å². The van der Waals surface area contributed by atoms with Gasteiger partial charge in [0.15, 0.2) is 0 Å². The van der Waals surface area contributed by atoms with Gasteiger partial charge in [0.1, 0.15) is 5.75 Å². The molecule has 0 aliphatic rings. The number of benzene rings is 1. The van der Waals surface area contributed by atoms with E-state index in [1.807, 2.05) is 38.1 Å². The average molecular weight is 223 g/mol. The number of hydrogen-bond acceptors (Lipinski definition) is 3. The minimum atomic E-state index is -0.336. The molecule has 1 rings (SSSR count). The summed E-state index contributed by atoms with van der Waals surface area (Å²) in [6.07, 6.45) is 0.676. The summed E-state index contributed by atoms with van der Waals surface area (Å²) >= 11 is 0. The first-order valence-corrected chi connectivity index (χ1v) is 5.52. The fourth-order valence-electron chi connectivity index (χ4n) is 1.93. The Morgan fingerprint density at radius 2 is 1.88 bits per heavy atom. The van der Waals surface area contributed by atoms with Crippen molar-refractivity contribution in [2.45, 2.75) is 31.7 Å². The lowest BCUT2D eigenvalue weighted by molar-refractivity contribution is 0.250. The van der Waals surface area contributed by atoms with Crippen LogP contribution in [0, 0.1) is 0 Å². The van der Waals surface area contributed by atoms with Gasteiger partial charge in [-0.15, -0.1) is 0 Å². The van der Waals surface area contributed by atoms with Crippen molar-refractivity contribution in [1.29, 1.82) is 0 Å². The maximum atomic E-state index is 9.08. The van der Waals surface area contributed by atoms with E-state index >= 15 is 0 Å². The second-order valence-corrected chi connectivity index (χ2v) is 4.66. The van der Waals surface area contributed by atoms with Gasteiger partial charge in [0, 0.05) is 18.1 Å². The Morgan fingerprint density at radius 3 is 2.25 bits per heavy atom. The lowest BCUT2D eigenvalue weighted by Crippen LogP contribution is -2.39. The first-order chi connectivity index (χ1) is 7.49. The molecule has 90 valence electrons. The van der Waals surface area contributed by atoms with Crippen LogP contribution in [0.25, 0.3) is 0 Å². The van der Waals surface area contributed by atoms with Gasteiger partial charge >= 0.3 is 0 Å². The third-order valence-corrected chi connectivity index (χ3v) is 2.83. The molecule has 0 amide bonds. The summed E-state index contributed by atoms with van der Waals surface area (Å²) in [6.45, 7) is 4.12. The van der Waals surface area contributed by atoms with Crippen LogP contribution in [0.5, 0.6) is 5.75 Å². The minimum absolute atomic E-state index is 0.150. The zero-order valence-corrected chi connectivity index (χ0v) is 10.2. The number of rotatable bonds is 5. The Bertz CT molecular complexity index is 314. The molecule has 0 aliphatic carbocycles. The molecule has 0 fully saturated rings. The number of nitrogens with two attached hydrogens (primary N) is 1. The van der Waals surface area contributed by atoms with Crippen molar-refractivity contribution in [3.05, 3.63) is 29.8 Å². The summed E-state index contributed by atoms with van der Waals surface area (Å²) < 4.78 is 5.11. The third-order valence-electron chi connectivity index (χ3n) is 2.83. The molecule has 1 aromatic carbocycles. The van der Waals surface area contributed by atoms with Crippen LogP contribution in [0.3, 0.4) is 0 Å². The molecule has 16 heavy (non-hydrogen) atoms. The quantitative estimate of drug-likeness (QED) is 0.801. The van der Waals surface area contributed by atoms with Crippen LogP contribution in [0.2, 0.25) is 0 Å². The number of hydrogen-bond donors (Lipinski definition) is 2. The molecule has 3 N–H and O–H groups in total. The molecule has 0 saturated heterocycles. The molecule has 3 heteroatoms. The summed E-state index contributed by atoms with van der Waals surface area (Å²) in [6, 6.07) is 7.86. The summed E-state index contributed by atoms with van der Waals surface area (Å²) in [5.41, 5.74) is 6.93. The molecule has 1 aromatic rings. The lowest BCUT2D eigenvalue weighted by atomic mass is 9.80. The predicted molar refractivity (Wildman–Crippen MR) is 65.7 cm³/mol. The van der Waals surface area contributed by atoms with Crippen LogP contribution in [-0.2, 0) is 0 Å².